The second kappa shape index (κ2) is 6.23. The van der Waals surface area contributed by atoms with E-state index >= 15 is 0 Å². The molecule has 3 aromatic rings. The van der Waals surface area contributed by atoms with Gasteiger partial charge in [0, 0.05) is 11.9 Å². The highest BCUT2D eigenvalue weighted by Gasteiger charge is 2.37. The molecule has 0 atom stereocenters. The van der Waals surface area contributed by atoms with Gasteiger partial charge in [0.05, 0.1) is 11.1 Å². The summed E-state index contributed by atoms with van der Waals surface area (Å²) in [4.78, 5) is 35.6. The highest BCUT2D eigenvalue weighted by Crippen LogP contribution is 2.37. The molecule has 1 aliphatic carbocycles. The third kappa shape index (κ3) is 2.44. The van der Waals surface area contributed by atoms with Crippen molar-refractivity contribution in [3.05, 3.63) is 81.4 Å². The first-order valence-corrected chi connectivity index (χ1v) is 9.10. The molecule has 1 aromatic carbocycles. The number of benzene rings is 1. The highest BCUT2D eigenvalue weighted by atomic mass is 16.1. The van der Waals surface area contributed by atoms with Crippen molar-refractivity contribution in [2.75, 3.05) is 0 Å². The zero-order chi connectivity index (χ0) is 19.3. The number of nitrogens with zero attached hydrogens (tertiary/aromatic N) is 2. The number of fused-ring (bicyclic) bond motifs is 2. The van der Waals surface area contributed by atoms with Crippen LogP contribution in [0, 0.1) is 20.8 Å². The van der Waals surface area contributed by atoms with Crippen LogP contribution in [0.3, 0.4) is 0 Å². The summed E-state index contributed by atoms with van der Waals surface area (Å²) < 4.78 is 0. The molecule has 27 heavy (non-hydrogen) atoms. The summed E-state index contributed by atoms with van der Waals surface area (Å²) in [6.07, 6.45) is 2.34. The Balaban J connectivity index is 2.11. The highest BCUT2D eigenvalue weighted by molar-refractivity contribution is 6.29. The number of hydrogen-bond donors (Lipinski definition) is 0. The van der Waals surface area contributed by atoms with Gasteiger partial charge in [-0.15, -0.1) is 0 Å². The van der Waals surface area contributed by atoms with Gasteiger partial charge in [-0.2, -0.15) is 0 Å². The van der Waals surface area contributed by atoms with Gasteiger partial charge in [0.25, 0.3) is 0 Å². The van der Waals surface area contributed by atoms with Crippen molar-refractivity contribution in [1.82, 2.24) is 9.97 Å². The van der Waals surface area contributed by atoms with Crippen molar-refractivity contribution in [2.24, 2.45) is 0 Å². The molecule has 4 heteroatoms. The minimum Gasteiger partial charge on any atom is -0.288 e. The third-order valence-corrected chi connectivity index (χ3v) is 5.39. The summed E-state index contributed by atoms with van der Waals surface area (Å²) >= 11 is 0. The van der Waals surface area contributed by atoms with Gasteiger partial charge < -0.3 is 0 Å². The first-order chi connectivity index (χ1) is 13.0. The molecule has 134 valence electrons. The molecule has 0 unspecified atom stereocenters. The Morgan fingerprint density at radius 2 is 1.56 bits per heavy atom. The molecule has 0 fully saturated rings. The second-order valence-electron chi connectivity index (χ2n) is 6.94. The number of carbonyl (C=O) groups excluding carboxylic acids is 2. The number of ketones is 2. The zero-order valence-electron chi connectivity index (χ0n) is 15.9. The smallest absolute Gasteiger partial charge is 0.231 e. The van der Waals surface area contributed by atoms with Gasteiger partial charge in [0.2, 0.25) is 5.78 Å². The van der Waals surface area contributed by atoms with Crippen LogP contribution in [0.5, 0.6) is 0 Å². The van der Waals surface area contributed by atoms with Crippen molar-refractivity contribution in [3.8, 4) is 11.1 Å². The van der Waals surface area contributed by atoms with E-state index in [2.05, 4.69) is 9.97 Å². The quantitative estimate of drug-likeness (QED) is 0.534. The SMILES string of the molecule is CCc1c(C)cnc2c1C(=O)c1c(nc(C)c(C)c1-c1ccccc1)C2=O. The van der Waals surface area contributed by atoms with Crippen molar-refractivity contribution in [3.63, 3.8) is 0 Å². The number of carbonyl (C=O) groups is 2. The van der Waals surface area contributed by atoms with Crippen molar-refractivity contribution < 1.29 is 9.59 Å². The first kappa shape index (κ1) is 17.3. The molecule has 0 saturated heterocycles. The summed E-state index contributed by atoms with van der Waals surface area (Å²) in [7, 11) is 0. The van der Waals surface area contributed by atoms with Crippen LogP contribution in [0.1, 0.15) is 61.4 Å². The Hall–Kier alpha value is -3.14. The van der Waals surface area contributed by atoms with E-state index in [1.54, 1.807) is 6.20 Å². The van der Waals surface area contributed by atoms with E-state index in [4.69, 9.17) is 0 Å². The van der Waals surface area contributed by atoms with Gasteiger partial charge in [0.1, 0.15) is 11.4 Å². The second-order valence-corrected chi connectivity index (χ2v) is 6.94. The van der Waals surface area contributed by atoms with E-state index in [9.17, 15) is 9.59 Å². The predicted molar refractivity (Wildman–Crippen MR) is 104 cm³/mol. The molecule has 0 spiro atoms. The largest absolute Gasteiger partial charge is 0.288 e. The number of rotatable bonds is 2. The minimum absolute atomic E-state index is 0.151. The zero-order valence-corrected chi connectivity index (χ0v) is 15.9. The Labute approximate surface area is 158 Å². The molecule has 0 amide bonds. The fourth-order valence-electron chi connectivity index (χ4n) is 3.90. The fourth-order valence-corrected chi connectivity index (χ4v) is 3.90. The lowest BCUT2D eigenvalue weighted by Crippen LogP contribution is -2.27. The van der Waals surface area contributed by atoms with E-state index in [1.807, 2.05) is 58.0 Å². The molecular weight excluding hydrogens is 336 g/mol. The summed E-state index contributed by atoms with van der Waals surface area (Å²) in [5, 5.41) is 0. The lowest BCUT2D eigenvalue weighted by Gasteiger charge is -2.24. The minimum atomic E-state index is -0.269. The molecule has 1 aliphatic rings. The molecule has 4 rings (SSSR count). The predicted octanol–water partition coefficient (Wildman–Crippen LogP) is 4.41. The van der Waals surface area contributed by atoms with E-state index in [0.717, 1.165) is 33.5 Å². The summed E-state index contributed by atoms with van der Waals surface area (Å²) in [6, 6.07) is 9.73. The van der Waals surface area contributed by atoms with Crippen molar-refractivity contribution in [1.29, 1.82) is 0 Å². The van der Waals surface area contributed by atoms with E-state index in [1.165, 1.54) is 0 Å². The van der Waals surface area contributed by atoms with Crippen LogP contribution < -0.4 is 0 Å². The number of aromatic nitrogens is 2. The molecule has 2 aromatic heterocycles. The van der Waals surface area contributed by atoms with Gasteiger partial charge in [-0.1, -0.05) is 37.3 Å². The van der Waals surface area contributed by atoms with Gasteiger partial charge in [-0.25, -0.2) is 4.98 Å². The Morgan fingerprint density at radius 3 is 2.22 bits per heavy atom. The van der Waals surface area contributed by atoms with E-state index in [-0.39, 0.29) is 23.0 Å². The normalized spacial score (nSPS) is 12.7. The van der Waals surface area contributed by atoms with Crippen molar-refractivity contribution in [2.45, 2.75) is 34.1 Å². The third-order valence-electron chi connectivity index (χ3n) is 5.39. The van der Waals surface area contributed by atoms with Gasteiger partial charge in [-0.05, 0) is 55.0 Å². The maximum Gasteiger partial charge on any atom is 0.231 e. The van der Waals surface area contributed by atoms with Crippen molar-refractivity contribution >= 4 is 11.6 Å². The first-order valence-electron chi connectivity index (χ1n) is 9.10. The van der Waals surface area contributed by atoms with Gasteiger partial charge >= 0.3 is 0 Å². The molecule has 0 saturated carbocycles. The molecular formula is C23H20N2O2. The fraction of sp³-hybridized carbons (Fsp3) is 0.217. The maximum atomic E-state index is 13.6. The van der Waals surface area contributed by atoms with Gasteiger partial charge in [0.15, 0.2) is 5.78 Å². The van der Waals surface area contributed by atoms with E-state index in [0.29, 0.717) is 17.5 Å². The summed E-state index contributed by atoms with van der Waals surface area (Å²) in [6.45, 7) is 7.74. The summed E-state index contributed by atoms with van der Waals surface area (Å²) in [5.41, 5.74) is 6.49. The molecule has 0 bridgehead atoms. The maximum absolute atomic E-state index is 13.6. The number of pyridine rings is 2. The number of aryl methyl sites for hydroxylation is 2. The lowest BCUT2D eigenvalue weighted by molar-refractivity contribution is 0.0971. The topological polar surface area (TPSA) is 59.9 Å². The Bertz CT molecular complexity index is 1120. The van der Waals surface area contributed by atoms with Crippen LogP contribution in [0.4, 0.5) is 0 Å². The Kier molecular flexibility index (Phi) is 3.99. The molecule has 0 aliphatic heterocycles. The lowest BCUT2D eigenvalue weighted by atomic mass is 9.80. The molecule has 0 N–H and O–H groups in total. The van der Waals surface area contributed by atoms with Crippen LogP contribution in [0.2, 0.25) is 0 Å². The molecule has 2 heterocycles. The van der Waals surface area contributed by atoms with Crippen LogP contribution >= 0.6 is 0 Å². The van der Waals surface area contributed by atoms with Crippen LogP contribution in [-0.4, -0.2) is 21.5 Å². The van der Waals surface area contributed by atoms with Crippen LogP contribution in [0.25, 0.3) is 11.1 Å². The monoisotopic (exact) mass is 356 g/mol. The summed E-state index contributed by atoms with van der Waals surface area (Å²) in [5.74, 6) is -0.420. The van der Waals surface area contributed by atoms with Crippen LogP contribution in [0.15, 0.2) is 36.5 Å². The molecule has 0 radical (unpaired) electrons. The Morgan fingerprint density at radius 1 is 0.852 bits per heavy atom. The average molecular weight is 356 g/mol. The van der Waals surface area contributed by atoms with Gasteiger partial charge in [-0.3, -0.25) is 14.6 Å². The standard InChI is InChI=1S/C23H20N2O2/c1-5-16-12(2)11-24-20-18(16)22(26)19-17(15-9-7-6-8-10-15)13(3)14(4)25-21(19)23(20)27/h6-11H,5H2,1-4H3. The molecule has 4 nitrogen and oxygen atoms in total. The number of hydrogen-bond acceptors (Lipinski definition) is 4. The van der Waals surface area contributed by atoms with E-state index < -0.39 is 0 Å². The average Bonchev–Trinajstić information content (AvgIpc) is 2.68. The van der Waals surface area contributed by atoms with Crippen LogP contribution in [-0.2, 0) is 6.42 Å².